The fourth-order valence-electron chi connectivity index (χ4n) is 2.95. The van der Waals surface area contributed by atoms with Gasteiger partial charge in [0, 0.05) is 29.5 Å². The molecule has 0 spiro atoms. The second kappa shape index (κ2) is 6.75. The fraction of sp³-hybridized carbons (Fsp3) is 0.222. The Labute approximate surface area is 148 Å². The molecule has 0 bridgehead atoms. The van der Waals surface area contributed by atoms with Gasteiger partial charge in [0.25, 0.3) is 0 Å². The van der Waals surface area contributed by atoms with E-state index in [2.05, 4.69) is 21.7 Å². The molecule has 1 atom stereocenters. The molecule has 0 fully saturated rings. The molecule has 1 aromatic carbocycles. The lowest BCUT2D eigenvalue weighted by atomic mass is 10.1. The number of thiophene rings is 1. The first-order chi connectivity index (χ1) is 11.8. The SMILES string of the molecule is O=C(NC(c1ccccc1)c1nccs1)N1CCc2sccc2C1. The Morgan fingerprint density at radius 2 is 2.04 bits per heavy atom. The van der Waals surface area contributed by atoms with E-state index in [0.717, 1.165) is 23.5 Å². The zero-order chi connectivity index (χ0) is 16.4. The van der Waals surface area contributed by atoms with Crippen molar-refractivity contribution in [3.63, 3.8) is 0 Å². The van der Waals surface area contributed by atoms with Crippen LogP contribution in [0.4, 0.5) is 4.79 Å². The van der Waals surface area contributed by atoms with Gasteiger partial charge in [-0.25, -0.2) is 9.78 Å². The first-order valence-corrected chi connectivity index (χ1v) is 9.62. The van der Waals surface area contributed by atoms with E-state index in [-0.39, 0.29) is 12.1 Å². The molecule has 2 amide bonds. The molecule has 122 valence electrons. The molecule has 1 aliphatic rings. The van der Waals surface area contributed by atoms with Gasteiger partial charge in [-0.15, -0.1) is 22.7 Å². The summed E-state index contributed by atoms with van der Waals surface area (Å²) >= 11 is 3.34. The van der Waals surface area contributed by atoms with E-state index in [0.29, 0.717) is 6.54 Å². The molecule has 3 heterocycles. The van der Waals surface area contributed by atoms with Crippen molar-refractivity contribution in [2.24, 2.45) is 0 Å². The summed E-state index contributed by atoms with van der Waals surface area (Å²) in [4.78, 5) is 20.5. The number of nitrogens with zero attached hydrogens (tertiary/aromatic N) is 2. The zero-order valence-corrected chi connectivity index (χ0v) is 14.6. The van der Waals surface area contributed by atoms with Crippen molar-refractivity contribution < 1.29 is 4.79 Å². The van der Waals surface area contributed by atoms with Gasteiger partial charge >= 0.3 is 6.03 Å². The molecule has 3 aromatic rings. The highest BCUT2D eigenvalue weighted by atomic mass is 32.1. The van der Waals surface area contributed by atoms with Gasteiger partial charge in [0.1, 0.15) is 11.0 Å². The standard InChI is InChI=1S/C18H17N3OS2/c22-18(21-9-6-15-14(12-21)7-10-23-15)20-16(17-19-8-11-24-17)13-4-2-1-3-5-13/h1-5,7-8,10-11,16H,6,9,12H2,(H,20,22). The molecule has 1 aliphatic heterocycles. The highest BCUT2D eigenvalue weighted by molar-refractivity contribution is 7.10. The van der Waals surface area contributed by atoms with Gasteiger partial charge in [0.2, 0.25) is 0 Å². The van der Waals surface area contributed by atoms with Crippen LogP contribution in [0.25, 0.3) is 0 Å². The molecule has 6 heteroatoms. The molecule has 0 saturated heterocycles. The second-order valence-corrected chi connectivity index (χ2v) is 7.63. The number of hydrogen-bond acceptors (Lipinski definition) is 4. The molecule has 4 rings (SSSR count). The van der Waals surface area contributed by atoms with Crippen LogP contribution in [0.5, 0.6) is 0 Å². The quantitative estimate of drug-likeness (QED) is 0.770. The maximum atomic E-state index is 12.8. The third kappa shape index (κ3) is 3.07. The van der Waals surface area contributed by atoms with Crippen LogP contribution in [0, 0.1) is 0 Å². The molecule has 1 N–H and O–H groups in total. The summed E-state index contributed by atoms with van der Waals surface area (Å²) in [5.41, 5.74) is 2.32. The lowest BCUT2D eigenvalue weighted by Crippen LogP contribution is -2.44. The average Bonchev–Trinajstić information content (AvgIpc) is 3.31. The molecule has 0 saturated carbocycles. The number of urea groups is 1. The van der Waals surface area contributed by atoms with Crippen LogP contribution in [0.1, 0.15) is 27.1 Å². The Hall–Kier alpha value is -2.18. The van der Waals surface area contributed by atoms with Crippen molar-refractivity contribution in [2.45, 2.75) is 19.0 Å². The number of carbonyl (C=O) groups is 1. The molecule has 2 aromatic heterocycles. The van der Waals surface area contributed by atoms with Crippen molar-refractivity contribution in [3.8, 4) is 0 Å². The number of hydrogen-bond donors (Lipinski definition) is 1. The van der Waals surface area contributed by atoms with Crippen LogP contribution < -0.4 is 5.32 Å². The largest absolute Gasteiger partial charge is 0.325 e. The number of thiazole rings is 1. The highest BCUT2D eigenvalue weighted by Gasteiger charge is 2.25. The first kappa shape index (κ1) is 15.4. The summed E-state index contributed by atoms with van der Waals surface area (Å²) in [5, 5.41) is 8.12. The maximum absolute atomic E-state index is 12.8. The topological polar surface area (TPSA) is 45.2 Å². The Kier molecular flexibility index (Phi) is 4.32. The Balaban J connectivity index is 1.54. The average molecular weight is 355 g/mol. The van der Waals surface area contributed by atoms with E-state index >= 15 is 0 Å². The van der Waals surface area contributed by atoms with Crippen LogP contribution in [-0.4, -0.2) is 22.5 Å². The van der Waals surface area contributed by atoms with Gasteiger partial charge in [-0.1, -0.05) is 30.3 Å². The number of nitrogens with one attached hydrogen (secondary N) is 1. The molecular weight excluding hydrogens is 338 g/mol. The second-order valence-electron chi connectivity index (χ2n) is 5.70. The monoisotopic (exact) mass is 355 g/mol. The Bertz CT molecular complexity index is 814. The Morgan fingerprint density at radius 1 is 1.17 bits per heavy atom. The number of rotatable bonds is 3. The summed E-state index contributed by atoms with van der Waals surface area (Å²) in [5.74, 6) is 0. The number of fused-ring (bicyclic) bond motifs is 1. The molecule has 24 heavy (non-hydrogen) atoms. The van der Waals surface area contributed by atoms with Crippen LogP contribution in [0.15, 0.2) is 53.4 Å². The highest BCUT2D eigenvalue weighted by Crippen LogP contribution is 2.26. The summed E-state index contributed by atoms with van der Waals surface area (Å²) < 4.78 is 0. The van der Waals surface area contributed by atoms with E-state index < -0.39 is 0 Å². The summed E-state index contributed by atoms with van der Waals surface area (Å²) in [6.07, 6.45) is 2.72. The summed E-state index contributed by atoms with van der Waals surface area (Å²) in [7, 11) is 0. The predicted octanol–water partition coefficient (Wildman–Crippen LogP) is 4.06. The third-order valence-corrected chi connectivity index (χ3v) is 6.06. The van der Waals surface area contributed by atoms with E-state index in [9.17, 15) is 4.79 Å². The Morgan fingerprint density at radius 3 is 2.83 bits per heavy atom. The van der Waals surface area contributed by atoms with Crippen LogP contribution in [0.2, 0.25) is 0 Å². The fourth-order valence-corrected chi connectivity index (χ4v) is 4.55. The van der Waals surface area contributed by atoms with E-state index in [1.807, 2.05) is 40.6 Å². The smallest absolute Gasteiger partial charge is 0.318 e. The normalized spacial score (nSPS) is 14.9. The van der Waals surface area contributed by atoms with Crippen molar-refractivity contribution in [1.82, 2.24) is 15.2 Å². The summed E-state index contributed by atoms with van der Waals surface area (Å²) in [6.45, 7) is 1.45. The molecule has 0 radical (unpaired) electrons. The van der Waals surface area contributed by atoms with Crippen LogP contribution in [-0.2, 0) is 13.0 Å². The van der Waals surface area contributed by atoms with Crippen molar-refractivity contribution in [3.05, 3.63) is 74.4 Å². The number of carbonyl (C=O) groups excluding carboxylic acids is 1. The van der Waals surface area contributed by atoms with E-state index in [4.69, 9.17) is 0 Å². The minimum Gasteiger partial charge on any atom is -0.325 e. The maximum Gasteiger partial charge on any atom is 0.318 e. The van der Waals surface area contributed by atoms with E-state index in [1.54, 1.807) is 28.9 Å². The van der Waals surface area contributed by atoms with Gasteiger partial charge < -0.3 is 10.2 Å². The van der Waals surface area contributed by atoms with E-state index in [1.165, 1.54) is 10.4 Å². The first-order valence-electron chi connectivity index (χ1n) is 7.86. The molecule has 4 nitrogen and oxygen atoms in total. The lowest BCUT2D eigenvalue weighted by molar-refractivity contribution is 0.190. The summed E-state index contributed by atoms with van der Waals surface area (Å²) in [6, 6.07) is 11.9. The predicted molar refractivity (Wildman–Crippen MR) is 97.4 cm³/mol. The van der Waals surface area contributed by atoms with Crippen molar-refractivity contribution >= 4 is 28.7 Å². The molecule has 0 aliphatic carbocycles. The number of benzene rings is 1. The van der Waals surface area contributed by atoms with Gasteiger partial charge in [-0.2, -0.15) is 0 Å². The minimum absolute atomic E-state index is 0.0316. The van der Waals surface area contributed by atoms with Gasteiger partial charge in [-0.3, -0.25) is 0 Å². The van der Waals surface area contributed by atoms with Gasteiger partial charge in [-0.05, 0) is 29.0 Å². The van der Waals surface area contributed by atoms with Gasteiger partial charge in [0.15, 0.2) is 0 Å². The van der Waals surface area contributed by atoms with Gasteiger partial charge in [0.05, 0.1) is 0 Å². The van der Waals surface area contributed by atoms with Crippen molar-refractivity contribution in [2.75, 3.05) is 6.54 Å². The van der Waals surface area contributed by atoms with Crippen LogP contribution in [0.3, 0.4) is 0 Å². The van der Waals surface area contributed by atoms with Crippen LogP contribution >= 0.6 is 22.7 Å². The molecule has 1 unspecified atom stereocenters. The molecular formula is C18H17N3OS2. The number of aromatic nitrogens is 1. The number of amides is 2. The minimum atomic E-state index is -0.206. The zero-order valence-electron chi connectivity index (χ0n) is 13.0. The van der Waals surface area contributed by atoms with Crippen molar-refractivity contribution in [1.29, 1.82) is 0 Å². The lowest BCUT2D eigenvalue weighted by Gasteiger charge is -2.29. The third-order valence-electron chi connectivity index (χ3n) is 4.19.